The van der Waals surface area contributed by atoms with E-state index in [0.29, 0.717) is 6.07 Å². The van der Waals surface area contributed by atoms with E-state index in [9.17, 15) is 44.7 Å². The second-order valence-electron chi connectivity index (χ2n) is 6.96. The molecular formula is C18H14I2N2Na3O13S5-. The minimum absolute atomic E-state index is 0. The topological polar surface area (TPSA) is 244 Å². The summed E-state index contributed by atoms with van der Waals surface area (Å²) >= 11 is 2.67. The molecule has 0 amide bonds. The van der Waals surface area contributed by atoms with E-state index in [2.05, 4.69) is 52.2 Å². The Kier molecular flexibility index (Phi) is 24.1. The van der Waals surface area contributed by atoms with Gasteiger partial charge in [0, 0.05) is 5.39 Å². The van der Waals surface area contributed by atoms with Gasteiger partial charge in [-0.3, -0.25) is 9.22 Å². The molecule has 25 heteroatoms. The average Bonchev–Trinajstić information content (AvgIpc) is 2.87. The standard InChI is InChI=1S/C18H16N2O13S4.HI2S.3Na/c21-15-6-1-11-9-14(36(25,26)27)10-16(37(28,29)30)17(11)18(15)20-19-12-2-4-13(5-3-12)35(23,24)8-7-31-34-33-32-22;1-2-3;;;/h1-6,9-10,21-22H,7-8H2,(H,25,26,27)(H,28,29,30);3H;;;/q;-1;3*+1/p-3. The van der Waals surface area contributed by atoms with Crippen molar-refractivity contribution in [1.29, 1.82) is 0 Å². The van der Waals surface area contributed by atoms with Gasteiger partial charge in [-0.25, -0.2) is 25.3 Å². The van der Waals surface area contributed by atoms with Gasteiger partial charge in [-0.05, 0) is 47.9 Å². The van der Waals surface area contributed by atoms with Crippen LogP contribution in [0, 0.1) is 0 Å². The predicted molar refractivity (Wildman–Crippen MR) is 143 cm³/mol. The number of hydrogen-bond donors (Lipinski definition) is 2. The molecule has 0 spiro atoms. The van der Waals surface area contributed by atoms with Crippen molar-refractivity contribution in [3.8, 4) is 5.75 Å². The van der Waals surface area contributed by atoms with Crippen LogP contribution >= 0.6 is 40.7 Å². The average molecular weight is 949 g/mol. The number of phenolic OH excluding ortho intramolecular Hbond substituents is 1. The van der Waals surface area contributed by atoms with Crippen LogP contribution in [-0.2, 0) is 43.6 Å². The van der Waals surface area contributed by atoms with Crippen molar-refractivity contribution in [1.82, 2.24) is 0 Å². The Labute approximate surface area is 341 Å². The van der Waals surface area contributed by atoms with Crippen LogP contribution in [0.15, 0.2) is 73.4 Å². The Bertz CT molecular complexity index is 1700. The van der Waals surface area contributed by atoms with Crippen LogP contribution < -0.4 is 110 Å². The summed E-state index contributed by atoms with van der Waals surface area (Å²) in [5.74, 6) is -1.09. The Morgan fingerprint density at radius 1 is 0.907 bits per heavy atom. The molecular weight excluding hydrogens is 935 g/mol. The van der Waals surface area contributed by atoms with E-state index in [1.807, 2.05) is 0 Å². The molecule has 0 aromatic heterocycles. The van der Waals surface area contributed by atoms with E-state index >= 15 is 0 Å². The number of hydrogen-bond acceptors (Lipinski definition) is 17. The summed E-state index contributed by atoms with van der Waals surface area (Å²) in [5, 5.41) is 29.8. The molecule has 0 aliphatic carbocycles. The van der Waals surface area contributed by atoms with Gasteiger partial charge in [0.2, 0.25) is 0 Å². The van der Waals surface area contributed by atoms with Gasteiger partial charge in [0.15, 0.2) is 22.2 Å². The number of halogens is 2. The summed E-state index contributed by atoms with van der Waals surface area (Å²) in [6, 6.07) is 8.09. The summed E-state index contributed by atoms with van der Waals surface area (Å²) in [6.45, 7) is -0.335. The number of rotatable bonds is 11. The Morgan fingerprint density at radius 3 is 2.00 bits per heavy atom. The van der Waals surface area contributed by atoms with Gasteiger partial charge < -0.3 is 19.5 Å². The molecule has 222 valence electrons. The van der Waals surface area contributed by atoms with Crippen molar-refractivity contribution in [3.05, 3.63) is 48.5 Å². The Balaban J connectivity index is 0. The number of nitrogens with zero attached hydrogens (tertiary/aromatic N) is 2. The molecule has 0 heterocycles. The van der Waals surface area contributed by atoms with Gasteiger partial charge in [0.1, 0.15) is 31.7 Å². The number of thiol groups is 1. The number of fused-ring (bicyclic) bond motifs is 1. The molecule has 0 fully saturated rings. The molecule has 0 bridgehead atoms. The molecule has 0 saturated carbocycles. The van der Waals surface area contributed by atoms with Crippen LogP contribution in [0.4, 0.5) is 11.4 Å². The molecule has 0 radical (unpaired) electrons. The molecule has 0 saturated heterocycles. The predicted octanol–water partition coefficient (Wildman–Crippen LogP) is -9.37. The number of phenols is 1. The molecule has 0 unspecified atom stereocenters. The van der Waals surface area contributed by atoms with Crippen LogP contribution in [0.5, 0.6) is 5.75 Å². The summed E-state index contributed by atoms with van der Waals surface area (Å²) in [5.41, 5.74) is -0.467. The minimum Gasteiger partial charge on any atom is 1.00 e. The van der Waals surface area contributed by atoms with E-state index in [4.69, 9.17) is 0 Å². The van der Waals surface area contributed by atoms with Crippen molar-refractivity contribution < 1.29 is 163 Å². The number of aromatic hydroxyl groups is 1. The van der Waals surface area contributed by atoms with Crippen LogP contribution in [0.3, 0.4) is 0 Å². The number of sulfone groups is 1. The zero-order valence-corrected chi connectivity index (χ0v) is 36.6. The normalized spacial score (nSPS) is 11.7. The van der Waals surface area contributed by atoms with Gasteiger partial charge in [-0.2, -0.15) is 5.11 Å². The fourth-order valence-electron chi connectivity index (χ4n) is 2.97. The second-order valence-corrected chi connectivity index (χ2v) is 20.9. The molecule has 0 atom stereocenters. The molecule has 0 aliphatic heterocycles. The maximum Gasteiger partial charge on any atom is 1.00 e. The first-order valence-corrected chi connectivity index (χ1v) is 24.4. The largest absolute Gasteiger partial charge is 1.00 e. The first kappa shape index (κ1) is 47.2. The van der Waals surface area contributed by atoms with E-state index < -0.39 is 62.4 Å². The SMILES string of the molecule is O=S(=O)([O-])c1cc(S(=O)(=O)[O-])c2c(N=Nc3ccc(S(=O)(=O)CCOSOO[O-])cc3)c(O)ccc2c1.S[I-]I.[Na+].[Na+].[Na+]. The smallest absolute Gasteiger partial charge is 1.00 e. The quantitative estimate of drug-likeness (QED) is 0.0209. The van der Waals surface area contributed by atoms with Crippen molar-refractivity contribution >= 4 is 93.0 Å². The molecule has 3 aromatic carbocycles. The number of benzene rings is 3. The molecule has 43 heavy (non-hydrogen) atoms. The van der Waals surface area contributed by atoms with E-state index in [1.54, 1.807) is 0 Å². The molecule has 1 N–H and O–H groups in total. The summed E-state index contributed by atoms with van der Waals surface area (Å²) in [6.07, 6.45) is 0. The zero-order chi connectivity index (χ0) is 30.1. The molecule has 0 aliphatic rings. The Hall–Kier alpha value is 2.09. The summed E-state index contributed by atoms with van der Waals surface area (Å²) in [7, 11) is -10.4. The van der Waals surface area contributed by atoms with Crippen LogP contribution in [0.1, 0.15) is 0 Å². The van der Waals surface area contributed by atoms with Crippen LogP contribution in [-0.4, -0.2) is 51.8 Å². The maximum atomic E-state index is 12.3. The van der Waals surface area contributed by atoms with Gasteiger partial charge in [0.25, 0.3) is 0 Å². The van der Waals surface area contributed by atoms with Gasteiger partial charge in [-0.1, -0.05) is 6.07 Å². The van der Waals surface area contributed by atoms with Crippen molar-refractivity contribution in [3.63, 3.8) is 0 Å². The van der Waals surface area contributed by atoms with E-state index in [0.717, 1.165) is 18.2 Å². The Morgan fingerprint density at radius 2 is 1.49 bits per heavy atom. The van der Waals surface area contributed by atoms with Crippen LogP contribution in [0.25, 0.3) is 10.8 Å². The van der Waals surface area contributed by atoms with E-state index in [-0.39, 0.29) is 139 Å². The first-order valence-electron chi connectivity index (χ1n) is 9.76. The molecule has 3 aromatic rings. The minimum atomic E-state index is -5.34. The summed E-state index contributed by atoms with van der Waals surface area (Å²) < 4.78 is 103. The number of azo groups is 1. The summed E-state index contributed by atoms with van der Waals surface area (Å²) in [4.78, 5) is -2.21. The van der Waals surface area contributed by atoms with Gasteiger partial charge in [-0.15, -0.1) is 9.45 Å². The van der Waals surface area contributed by atoms with E-state index in [1.165, 1.54) is 24.3 Å². The third kappa shape index (κ3) is 15.0. The third-order valence-electron chi connectivity index (χ3n) is 4.56. The third-order valence-corrected chi connectivity index (χ3v) is 8.31. The van der Waals surface area contributed by atoms with Crippen molar-refractivity contribution in [2.75, 3.05) is 12.4 Å². The fourth-order valence-corrected chi connectivity index (χ4v) is 5.72. The molecule has 3 rings (SSSR count). The molecule has 15 nitrogen and oxygen atoms in total. The first-order chi connectivity index (χ1) is 18.7. The maximum absolute atomic E-state index is 12.3. The second kappa shape index (κ2) is 21.9. The fraction of sp³-hybridized carbons (Fsp3) is 0.111. The monoisotopic (exact) mass is 949 g/mol. The van der Waals surface area contributed by atoms with Crippen LogP contribution in [0.2, 0.25) is 0 Å². The van der Waals surface area contributed by atoms with Crippen molar-refractivity contribution in [2.24, 2.45) is 10.2 Å². The zero-order valence-electron chi connectivity index (χ0n) is 22.1. The van der Waals surface area contributed by atoms with Gasteiger partial charge in [0.05, 0.1) is 32.7 Å². The van der Waals surface area contributed by atoms with Gasteiger partial charge >= 0.3 is 133 Å². The van der Waals surface area contributed by atoms with Crippen molar-refractivity contribution in [2.45, 2.75) is 14.7 Å².